The van der Waals surface area contributed by atoms with Gasteiger partial charge in [-0.2, -0.15) is 0 Å². The third kappa shape index (κ3) is 12.8. The van der Waals surface area contributed by atoms with Crippen molar-refractivity contribution < 1.29 is 28.6 Å². The highest BCUT2D eigenvalue weighted by Crippen LogP contribution is 2.07. The number of alkyl carbamates (subject to hydrolysis) is 2. The summed E-state index contributed by atoms with van der Waals surface area (Å²) in [6.45, 7) is 7.50. The van der Waals surface area contributed by atoms with Crippen LogP contribution in [-0.2, 0) is 32.2 Å². The number of guanidine groups is 1. The molecule has 2 aromatic carbocycles. The van der Waals surface area contributed by atoms with Gasteiger partial charge in [0, 0.05) is 12.6 Å². The minimum atomic E-state index is -0.775. The molecule has 0 heterocycles. The molecule has 3 N–H and O–H groups in total. The van der Waals surface area contributed by atoms with Crippen LogP contribution in [0.15, 0.2) is 71.5 Å². The van der Waals surface area contributed by atoms with Crippen molar-refractivity contribution in [3.05, 3.63) is 77.7 Å². The van der Waals surface area contributed by atoms with Gasteiger partial charge in [0.1, 0.15) is 18.8 Å². The molecular weight excluding hydrogens is 476 g/mol. The van der Waals surface area contributed by atoms with E-state index in [1.54, 1.807) is 33.6 Å². The summed E-state index contributed by atoms with van der Waals surface area (Å²) >= 11 is 0. The minimum absolute atomic E-state index is 0.0533. The Morgan fingerprint density at radius 2 is 1.46 bits per heavy atom. The van der Waals surface area contributed by atoms with E-state index >= 15 is 0 Å². The van der Waals surface area contributed by atoms with E-state index in [-0.39, 0.29) is 37.6 Å². The van der Waals surface area contributed by atoms with E-state index in [2.05, 4.69) is 20.9 Å². The maximum absolute atomic E-state index is 12.4. The quantitative estimate of drug-likeness (QED) is 0.190. The maximum Gasteiger partial charge on any atom is 0.414 e. The molecule has 1 atom stereocenters. The van der Waals surface area contributed by atoms with Crippen molar-refractivity contribution in [1.82, 2.24) is 16.0 Å². The molecule has 10 heteroatoms. The first-order valence-electron chi connectivity index (χ1n) is 11.8. The zero-order chi connectivity index (χ0) is 27.1. The van der Waals surface area contributed by atoms with Gasteiger partial charge < -0.3 is 19.5 Å². The number of amides is 2. The van der Waals surface area contributed by atoms with Crippen molar-refractivity contribution in [2.24, 2.45) is 4.99 Å². The fourth-order valence-electron chi connectivity index (χ4n) is 2.85. The molecule has 0 saturated heterocycles. The highest BCUT2D eigenvalue weighted by molar-refractivity contribution is 5.95. The third-order valence-electron chi connectivity index (χ3n) is 4.58. The predicted molar refractivity (Wildman–Crippen MR) is 139 cm³/mol. The smallest absolute Gasteiger partial charge is 0.414 e. The molecule has 2 amide bonds. The van der Waals surface area contributed by atoms with E-state index in [4.69, 9.17) is 14.2 Å². The number of carbonyl (C=O) groups excluding carboxylic acids is 3. The molecule has 0 fully saturated rings. The first-order valence-corrected chi connectivity index (χ1v) is 11.8. The summed E-state index contributed by atoms with van der Waals surface area (Å²) in [7, 11) is 0. The molecule has 198 valence electrons. The van der Waals surface area contributed by atoms with Crippen molar-refractivity contribution in [2.75, 3.05) is 6.54 Å². The molecule has 0 spiro atoms. The van der Waals surface area contributed by atoms with Crippen molar-refractivity contribution in [2.45, 2.75) is 59.0 Å². The van der Waals surface area contributed by atoms with E-state index in [1.807, 2.05) is 60.7 Å². The number of carbonyl (C=O) groups is 2. The van der Waals surface area contributed by atoms with Crippen molar-refractivity contribution in [1.29, 1.82) is 0 Å². The lowest BCUT2D eigenvalue weighted by Crippen LogP contribution is -2.42. The van der Waals surface area contributed by atoms with Crippen LogP contribution in [0.4, 0.5) is 9.59 Å². The number of hydrogen-bond donors (Lipinski definition) is 3. The topological polar surface area (TPSA) is 127 Å². The van der Waals surface area contributed by atoms with Gasteiger partial charge >= 0.3 is 12.2 Å². The molecule has 10 nitrogen and oxygen atoms in total. The van der Waals surface area contributed by atoms with Crippen molar-refractivity contribution >= 4 is 24.1 Å². The summed E-state index contributed by atoms with van der Waals surface area (Å²) in [5.41, 5.74) is 1.04. The number of nitrogens with zero attached hydrogens (tertiary/aromatic N) is 1. The molecule has 2 aromatic rings. The van der Waals surface area contributed by atoms with Crippen LogP contribution in [0.5, 0.6) is 0 Å². The number of rotatable bonds is 10. The van der Waals surface area contributed by atoms with E-state index in [0.29, 0.717) is 6.42 Å². The van der Waals surface area contributed by atoms with Crippen LogP contribution < -0.4 is 16.0 Å². The lowest BCUT2D eigenvalue weighted by Gasteiger charge is -2.21. The highest BCUT2D eigenvalue weighted by Gasteiger charge is 2.18. The molecule has 0 aliphatic carbocycles. The molecule has 0 aliphatic rings. The maximum atomic E-state index is 12.4. The Morgan fingerprint density at radius 3 is 2.00 bits per heavy atom. The number of nitrogens with one attached hydrogen (secondary N) is 3. The SMILES string of the molecule is CC(CCN=C(NC(=O)OCc1ccccc1)NC(=C=O)OCc1ccccc1)NC(=O)OC(C)(C)C. The molecule has 2 rings (SSSR count). The van der Waals surface area contributed by atoms with E-state index in [9.17, 15) is 14.4 Å². The van der Waals surface area contributed by atoms with Crippen LogP contribution in [0.25, 0.3) is 0 Å². The Morgan fingerprint density at radius 1 is 0.892 bits per heavy atom. The second kappa shape index (κ2) is 15.0. The van der Waals surface area contributed by atoms with Gasteiger partial charge in [-0.3, -0.25) is 15.6 Å². The first kappa shape index (κ1) is 28.9. The van der Waals surface area contributed by atoms with Gasteiger partial charge in [0.25, 0.3) is 5.88 Å². The lowest BCUT2D eigenvalue weighted by atomic mass is 10.2. The third-order valence-corrected chi connectivity index (χ3v) is 4.58. The van der Waals surface area contributed by atoms with Crippen molar-refractivity contribution in [3.8, 4) is 0 Å². The number of aliphatic imine (C=N–C) groups is 1. The Kier molecular flexibility index (Phi) is 11.7. The average Bonchev–Trinajstić information content (AvgIpc) is 2.85. The van der Waals surface area contributed by atoms with Crippen molar-refractivity contribution in [3.63, 3.8) is 0 Å². The summed E-state index contributed by atoms with van der Waals surface area (Å²) in [5, 5.41) is 7.85. The molecule has 37 heavy (non-hydrogen) atoms. The Bertz CT molecular complexity index is 1080. The second-order valence-corrected chi connectivity index (χ2v) is 9.08. The van der Waals surface area contributed by atoms with Crippen LogP contribution >= 0.6 is 0 Å². The van der Waals surface area contributed by atoms with Crippen LogP contribution in [0.2, 0.25) is 0 Å². The van der Waals surface area contributed by atoms with Gasteiger partial charge in [-0.15, -0.1) is 0 Å². The first-order chi connectivity index (χ1) is 17.6. The normalized spacial score (nSPS) is 11.9. The van der Waals surface area contributed by atoms with Gasteiger partial charge in [0.15, 0.2) is 5.94 Å². The molecule has 0 bridgehead atoms. The highest BCUT2D eigenvalue weighted by atomic mass is 16.6. The van der Waals surface area contributed by atoms with Crippen LogP contribution in [0.1, 0.15) is 45.2 Å². The molecule has 0 aromatic heterocycles. The fraction of sp³-hybridized carbons (Fsp3) is 0.370. The fourth-order valence-corrected chi connectivity index (χ4v) is 2.85. The van der Waals surface area contributed by atoms with Crippen LogP contribution in [0.3, 0.4) is 0 Å². The Balaban J connectivity index is 1.98. The van der Waals surface area contributed by atoms with E-state index < -0.39 is 17.8 Å². The number of benzene rings is 2. The van der Waals surface area contributed by atoms with Gasteiger partial charge in [-0.25, -0.2) is 14.4 Å². The Labute approximate surface area is 217 Å². The van der Waals surface area contributed by atoms with Gasteiger partial charge in [0.05, 0.1) is 0 Å². The molecule has 1 unspecified atom stereocenters. The number of hydrogen-bond acceptors (Lipinski definition) is 7. The largest absolute Gasteiger partial charge is 0.466 e. The van der Waals surface area contributed by atoms with Gasteiger partial charge in [0.2, 0.25) is 5.96 Å². The molecule has 0 radical (unpaired) electrons. The van der Waals surface area contributed by atoms with Gasteiger partial charge in [-0.05, 0) is 45.2 Å². The van der Waals surface area contributed by atoms with Gasteiger partial charge in [-0.1, -0.05) is 60.7 Å². The summed E-state index contributed by atoms with van der Waals surface area (Å²) in [5.74, 6) is 1.35. The Hall–Kier alpha value is -4.30. The summed E-state index contributed by atoms with van der Waals surface area (Å²) in [4.78, 5) is 40.1. The number of ether oxygens (including phenoxy) is 3. The van der Waals surface area contributed by atoms with E-state index in [0.717, 1.165) is 11.1 Å². The molecular formula is C27H34N4O6. The van der Waals surface area contributed by atoms with Crippen LogP contribution in [-0.4, -0.2) is 42.3 Å². The van der Waals surface area contributed by atoms with E-state index in [1.165, 1.54) is 0 Å². The molecule has 0 aliphatic heterocycles. The standard InChI is InChI=1S/C27H34N4O6/c1-20(29-26(34)37-27(2,3)4)15-16-28-24(31-25(33)36-19-22-13-9-6-10-14-22)30-23(17-32)35-18-21-11-7-5-8-12-21/h5-14,20H,15-16,18-19H2,1-4H3,(H,29,34)(H2,28,30,31,33). The summed E-state index contributed by atoms with van der Waals surface area (Å²) < 4.78 is 16.0. The summed E-state index contributed by atoms with van der Waals surface area (Å²) in [6.07, 6.45) is -0.885. The zero-order valence-electron chi connectivity index (χ0n) is 21.6. The summed E-state index contributed by atoms with van der Waals surface area (Å²) in [6, 6.07) is 18.2. The average molecular weight is 511 g/mol. The lowest BCUT2D eigenvalue weighted by molar-refractivity contribution is 0.0507. The zero-order valence-corrected chi connectivity index (χ0v) is 21.6. The van der Waals surface area contributed by atoms with Crippen LogP contribution in [0, 0.1) is 0 Å². The predicted octanol–water partition coefficient (Wildman–Crippen LogP) is 4.05. The molecule has 0 saturated carbocycles. The minimum Gasteiger partial charge on any atom is -0.466 e. The monoisotopic (exact) mass is 510 g/mol. The second-order valence-electron chi connectivity index (χ2n) is 9.08.